The van der Waals surface area contributed by atoms with Gasteiger partial charge in [0.1, 0.15) is 6.04 Å². The molecule has 1 saturated heterocycles. The molecule has 1 aromatic carbocycles. The second-order valence-electron chi connectivity index (χ2n) is 6.73. The van der Waals surface area contributed by atoms with Crippen LogP contribution in [0.5, 0.6) is 0 Å². The molecule has 2 unspecified atom stereocenters. The number of benzene rings is 1. The summed E-state index contributed by atoms with van der Waals surface area (Å²) in [5, 5.41) is 9.44. The Balaban J connectivity index is 1.95. The fourth-order valence-corrected chi connectivity index (χ4v) is 3.82. The van der Waals surface area contributed by atoms with Crippen molar-refractivity contribution in [2.24, 2.45) is 5.73 Å². The van der Waals surface area contributed by atoms with Crippen LogP contribution in [0.3, 0.4) is 0 Å². The lowest BCUT2D eigenvalue weighted by atomic mass is 9.99. The van der Waals surface area contributed by atoms with Gasteiger partial charge in [-0.1, -0.05) is 17.7 Å². The van der Waals surface area contributed by atoms with E-state index in [0.717, 1.165) is 5.56 Å². The number of hydrogen-bond acceptors (Lipinski definition) is 7. The third-order valence-electron chi connectivity index (χ3n) is 4.60. The van der Waals surface area contributed by atoms with Crippen molar-refractivity contribution in [3.05, 3.63) is 29.8 Å². The molecule has 2 aliphatic rings. The number of ketones is 1. The highest BCUT2D eigenvalue weighted by atomic mass is 32.2. The van der Waals surface area contributed by atoms with E-state index >= 15 is 0 Å². The molecule has 1 saturated carbocycles. The molecule has 7 nitrogen and oxygen atoms in total. The van der Waals surface area contributed by atoms with E-state index in [1.165, 1.54) is 24.3 Å². The summed E-state index contributed by atoms with van der Waals surface area (Å²) < 4.78 is 58.5. The van der Waals surface area contributed by atoms with E-state index in [1.54, 1.807) is 13.0 Å². The molecule has 0 aromatic heterocycles. The van der Waals surface area contributed by atoms with Crippen molar-refractivity contribution < 1.29 is 26.3 Å². The van der Waals surface area contributed by atoms with Crippen LogP contribution in [-0.2, 0) is 19.2 Å². The van der Waals surface area contributed by atoms with Crippen LogP contribution in [-0.4, -0.2) is 42.8 Å². The largest absolute Gasteiger partial charge is 0.319 e. The first-order valence-electron chi connectivity index (χ1n) is 7.90. The Morgan fingerprint density at radius 2 is 1.92 bits per heavy atom. The van der Waals surface area contributed by atoms with Crippen LogP contribution < -0.4 is 5.73 Å². The normalized spacial score (nSPS) is 27.0. The van der Waals surface area contributed by atoms with Crippen LogP contribution in [0.25, 0.3) is 0 Å². The average molecular weight is 385 g/mol. The minimum Gasteiger partial charge on any atom is -0.319 e. The van der Waals surface area contributed by atoms with Crippen molar-refractivity contribution in [1.29, 1.82) is 5.26 Å². The number of nitrogens with zero attached hydrogens (tertiary/aromatic N) is 2. The number of carbonyl (C=O) groups is 1. The number of alkyl halides is 2. The zero-order chi connectivity index (χ0) is 19.3. The molecular formula is C16H17F2N3O4S. The fourth-order valence-electron chi connectivity index (χ4n) is 2.85. The van der Waals surface area contributed by atoms with Crippen molar-refractivity contribution in [2.75, 3.05) is 0 Å². The third-order valence-corrected chi connectivity index (χ3v) is 5.82. The zero-order valence-corrected chi connectivity index (χ0v) is 14.7. The van der Waals surface area contributed by atoms with Gasteiger partial charge in [0.15, 0.2) is 11.8 Å². The maximum absolute atomic E-state index is 14.4. The van der Waals surface area contributed by atoms with Crippen molar-refractivity contribution >= 4 is 15.9 Å². The van der Waals surface area contributed by atoms with E-state index in [0.29, 0.717) is 5.06 Å². The SMILES string of the molecule is Cc1ccc(S(=O)(=O)ON2C(C#N)CC(F)(F)C2C(=O)C2(N)CC2)cc1. The van der Waals surface area contributed by atoms with Gasteiger partial charge in [-0.2, -0.15) is 18.0 Å². The Hall–Kier alpha value is -1.93. The van der Waals surface area contributed by atoms with Gasteiger partial charge in [-0.15, -0.1) is 5.06 Å². The van der Waals surface area contributed by atoms with Gasteiger partial charge in [-0.25, -0.2) is 8.78 Å². The minimum atomic E-state index is -4.50. The highest BCUT2D eigenvalue weighted by Crippen LogP contribution is 2.45. The molecular weight excluding hydrogens is 368 g/mol. The number of hydroxylamine groups is 2. The van der Waals surface area contributed by atoms with E-state index < -0.39 is 45.9 Å². The van der Waals surface area contributed by atoms with E-state index in [9.17, 15) is 22.0 Å². The molecule has 0 amide bonds. The number of Topliss-reactive ketones (excluding diaryl/α,β-unsaturated/α-hetero) is 1. The lowest BCUT2D eigenvalue weighted by Gasteiger charge is -2.27. The summed E-state index contributed by atoms with van der Waals surface area (Å²) in [7, 11) is -4.50. The maximum atomic E-state index is 14.4. The van der Waals surface area contributed by atoms with Gasteiger partial charge in [0, 0.05) is 6.42 Å². The Kier molecular flexibility index (Phi) is 4.39. The lowest BCUT2D eigenvalue weighted by molar-refractivity contribution is -0.159. The number of hydrogen-bond donors (Lipinski definition) is 1. The molecule has 140 valence electrons. The van der Waals surface area contributed by atoms with Crippen molar-refractivity contribution in [3.8, 4) is 6.07 Å². The highest BCUT2D eigenvalue weighted by molar-refractivity contribution is 7.86. The quantitative estimate of drug-likeness (QED) is 0.812. The van der Waals surface area contributed by atoms with Crippen LogP contribution in [0.1, 0.15) is 24.8 Å². The lowest BCUT2D eigenvalue weighted by Crippen LogP contribution is -2.54. The number of nitrogens with two attached hydrogens (primary N) is 1. The third kappa shape index (κ3) is 3.23. The number of halogens is 2. The van der Waals surface area contributed by atoms with Gasteiger partial charge in [-0.05, 0) is 31.9 Å². The molecule has 1 aliphatic heterocycles. The molecule has 0 spiro atoms. The van der Waals surface area contributed by atoms with Crippen molar-refractivity contribution in [1.82, 2.24) is 5.06 Å². The maximum Gasteiger partial charge on any atom is 0.313 e. The van der Waals surface area contributed by atoms with Gasteiger partial charge in [0.2, 0.25) is 0 Å². The molecule has 2 fully saturated rings. The Labute approximate surface area is 149 Å². The molecule has 2 N–H and O–H groups in total. The monoisotopic (exact) mass is 385 g/mol. The van der Waals surface area contributed by atoms with Gasteiger partial charge in [-0.3, -0.25) is 4.79 Å². The van der Waals surface area contributed by atoms with Crippen LogP contribution >= 0.6 is 0 Å². The predicted molar refractivity (Wildman–Crippen MR) is 85.2 cm³/mol. The van der Waals surface area contributed by atoms with E-state index in [4.69, 9.17) is 15.3 Å². The van der Waals surface area contributed by atoms with E-state index in [1.807, 2.05) is 0 Å². The standard InChI is InChI=1S/C16H17F2N3O4S/c1-10-2-4-12(5-3-10)26(23,24)25-21-11(9-19)8-16(17,18)13(21)14(22)15(20)6-7-15/h2-5,11,13H,6-8,20H2,1H3. The molecule has 3 rings (SSSR count). The molecule has 26 heavy (non-hydrogen) atoms. The average Bonchev–Trinajstić information content (AvgIpc) is 3.25. The Bertz CT molecular complexity index is 876. The van der Waals surface area contributed by atoms with E-state index in [-0.39, 0.29) is 17.7 Å². The second kappa shape index (κ2) is 6.06. The number of aryl methyl sites for hydroxylation is 1. The fraction of sp³-hybridized carbons (Fsp3) is 0.500. The van der Waals surface area contributed by atoms with Gasteiger partial charge in [0.05, 0.1) is 16.5 Å². The zero-order valence-electron chi connectivity index (χ0n) is 13.9. The van der Waals surface area contributed by atoms with Gasteiger partial charge in [0.25, 0.3) is 5.92 Å². The van der Waals surface area contributed by atoms with E-state index in [2.05, 4.69) is 0 Å². The molecule has 1 heterocycles. The number of rotatable bonds is 5. The Morgan fingerprint density at radius 1 is 1.35 bits per heavy atom. The summed E-state index contributed by atoms with van der Waals surface area (Å²) in [5.41, 5.74) is 5.10. The van der Waals surface area contributed by atoms with Crippen molar-refractivity contribution in [3.63, 3.8) is 0 Å². The molecule has 0 radical (unpaired) electrons. The molecule has 1 aliphatic carbocycles. The predicted octanol–water partition coefficient (Wildman–Crippen LogP) is 1.28. The highest BCUT2D eigenvalue weighted by Gasteiger charge is 2.64. The summed E-state index contributed by atoms with van der Waals surface area (Å²) in [6, 6.07) is 3.28. The summed E-state index contributed by atoms with van der Waals surface area (Å²) in [6.45, 7) is 1.75. The summed E-state index contributed by atoms with van der Waals surface area (Å²) in [6.07, 6.45) is -0.554. The molecule has 2 atom stereocenters. The van der Waals surface area contributed by atoms with Gasteiger partial charge >= 0.3 is 10.1 Å². The first-order chi connectivity index (χ1) is 12.0. The van der Waals surface area contributed by atoms with Crippen LogP contribution in [0, 0.1) is 18.3 Å². The molecule has 0 bridgehead atoms. The second-order valence-corrected chi connectivity index (χ2v) is 8.26. The topological polar surface area (TPSA) is 113 Å². The first-order valence-corrected chi connectivity index (χ1v) is 9.31. The van der Waals surface area contributed by atoms with Crippen LogP contribution in [0.4, 0.5) is 8.78 Å². The molecule has 1 aromatic rings. The first kappa shape index (κ1) is 18.8. The summed E-state index contributed by atoms with van der Waals surface area (Å²) >= 11 is 0. The Morgan fingerprint density at radius 3 is 2.42 bits per heavy atom. The number of carbonyl (C=O) groups excluding carboxylic acids is 1. The van der Waals surface area contributed by atoms with Crippen LogP contribution in [0.15, 0.2) is 29.2 Å². The minimum absolute atomic E-state index is 0.230. The summed E-state index contributed by atoms with van der Waals surface area (Å²) in [4.78, 5) is 12.2. The number of nitriles is 1. The smallest absolute Gasteiger partial charge is 0.313 e. The van der Waals surface area contributed by atoms with Crippen LogP contribution in [0.2, 0.25) is 0 Å². The molecule has 10 heteroatoms. The van der Waals surface area contributed by atoms with Gasteiger partial charge < -0.3 is 5.73 Å². The van der Waals surface area contributed by atoms with Crippen molar-refractivity contribution in [2.45, 2.75) is 54.6 Å². The summed E-state index contributed by atoms with van der Waals surface area (Å²) in [5.74, 6) is -4.64.